The average Bonchev–Trinajstić information content (AvgIpc) is 3.01. The zero-order valence-electron chi connectivity index (χ0n) is 22.6. The van der Waals surface area contributed by atoms with Crippen molar-refractivity contribution in [2.24, 2.45) is 16.9 Å². The topological polar surface area (TPSA) is 75.3 Å². The molecule has 2 aliphatic carbocycles. The van der Waals surface area contributed by atoms with Crippen LogP contribution in [0.3, 0.4) is 0 Å². The summed E-state index contributed by atoms with van der Waals surface area (Å²) < 4.78 is 0. The Bertz CT molecular complexity index is 1520. The van der Waals surface area contributed by atoms with E-state index in [1.807, 2.05) is 54.6 Å². The molecule has 0 bridgehead atoms. The van der Waals surface area contributed by atoms with Gasteiger partial charge in [-0.05, 0) is 41.2 Å². The fourth-order valence-electron chi connectivity index (χ4n) is 5.02. The van der Waals surface area contributed by atoms with Crippen molar-refractivity contribution in [2.75, 3.05) is 11.9 Å². The van der Waals surface area contributed by atoms with E-state index in [4.69, 9.17) is 10.5 Å². The lowest BCUT2D eigenvalue weighted by molar-refractivity contribution is 0.455. The van der Waals surface area contributed by atoms with Crippen molar-refractivity contribution >= 4 is 17.7 Å². The predicted octanol–water partition coefficient (Wildman–Crippen LogP) is 7.61. The highest BCUT2D eigenvalue weighted by molar-refractivity contribution is 5.87. The van der Waals surface area contributed by atoms with Gasteiger partial charge in [0.15, 0.2) is 0 Å². The molecule has 0 fully saturated rings. The molecule has 0 aromatic heterocycles. The van der Waals surface area contributed by atoms with Gasteiger partial charge in [0.05, 0.1) is 24.9 Å². The van der Waals surface area contributed by atoms with Crippen molar-refractivity contribution in [3.05, 3.63) is 138 Å². The van der Waals surface area contributed by atoms with Crippen molar-refractivity contribution < 1.29 is 0 Å². The highest BCUT2D eigenvalue weighted by atomic mass is 15.5. The Hall–Kier alpha value is -4.95. The largest absolute Gasteiger partial charge is 0.378 e. The van der Waals surface area contributed by atoms with Crippen molar-refractivity contribution in [1.29, 1.82) is 10.7 Å². The molecule has 3 unspecified atom stereocenters. The number of hydrogen-bond donors (Lipinski definition) is 2. The van der Waals surface area contributed by atoms with Gasteiger partial charge >= 0.3 is 0 Å². The van der Waals surface area contributed by atoms with Gasteiger partial charge in [0.2, 0.25) is 0 Å². The fraction of sp³-hybridized carbons (Fsp3) is 0.171. The normalized spacial score (nSPS) is 19.9. The van der Waals surface area contributed by atoms with Crippen LogP contribution in [0.4, 0.5) is 5.69 Å². The number of para-hydroxylation sites is 1. The van der Waals surface area contributed by atoms with Gasteiger partial charge in [0, 0.05) is 22.7 Å². The molecule has 0 aliphatic heterocycles. The summed E-state index contributed by atoms with van der Waals surface area (Å²) in [6.07, 6.45) is 14.7. The minimum absolute atomic E-state index is 0.138. The summed E-state index contributed by atoms with van der Waals surface area (Å²) in [4.78, 5) is 0. The fourth-order valence-corrected chi connectivity index (χ4v) is 5.02. The first-order valence-corrected chi connectivity index (χ1v) is 13.6. The summed E-state index contributed by atoms with van der Waals surface area (Å²) in [5.41, 5.74) is 6.13. The van der Waals surface area contributed by atoms with Crippen molar-refractivity contribution in [2.45, 2.75) is 19.4 Å². The summed E-state index contributed by atoms with van der Waals surface area (Å²) in [6, 6.07) is 31.1. The van der Waals surface area contributed by atoms with E-state index in [-0.39, 0.29) is 17.9 Å². The molecule has 0 amide bonds. The molecule has 5 heteroatoms. The quantitative estimate of drug-likeness (QED) is 0.181. The zero-order valence-corrected chi connectivity index (χ0v) is 22.6. The van der Waals surface area contributed by atoms with Gasteiger partial charge in [-0.25, -0.2) is 5.01 Å². The van der Waals surface area contributed by atoms with Crippen LogP contribution >= 0.6 is 0 Å². The number of hydrogen-bond acceptors (Lipinski definition) is 4. The lowest BCUT2D eigenvalue weighted by Crippen LogP contribution is -2.34. The first-order chi connectivity index (χ1) is 19.6. The Kier molecular flexibility index (Phi) is 8.48. The Morgan fingerprint density at radius 1 is 1.00 bits per heavy atom. The Balaban J connectivity index is 1.33. The van der Waals surface area contributed by atoms with E-state index in [0.29, 0.717) is 24.4 Å². The van der Waals surface area contributed by atoms with Crippen LogP contribution in [0.5, 0.6) is 0 Å². The lowest BCUT2D eigenvalue weighted by Gasteiger charge is -2.29. The molecule has 2 aliphatic rings. The molecule has 40 heavy (non-hydrogen) atoms. The maximum atomic E-state index is 9.38. The second kappa shape index (κ2) is 12.7. The van der Waals surface area contributed by atoms with Crippen molar-refractivity contribution in [3.63, 3.8) is 0 Å². The van der Waals surface area contributed by atoms with Crippen LogP contribution in [0.15, 0.2) is 138 Å². The highest BCUT2D eigenvalue weighted by Crippen LogP contribution is 2.30. The van der Waals surface area contributed by atoms with E-state index in [2.05, 4.69) is 85.1 Å². The molecule has 5 rings (SSSR count). The van der Waals surface area contributed by atoms with Crippen LogP contribution in [0.1, 0.15) is 18.9 Å². The third-order valence-corrected chi connectivity index (χ3v) is 7.20. The van der Waals surface area contributed by atoms with Gasteiger partial charge in [-0.1, -0.05) is 116 Å². The van der Waals surface area contributed by atoms with Crippen LogP contribution < -0.4 is 5.32 Å². The van der Waals surface area contributed by atoms with Crippen LogP contribution in [-0.4, -0.2) is 29.6 Å². The summed E-state index contributed by atoms with van der Waals surface area (Å²) in [7, 11) is 0. The van der Waals surface area contributed by atoms with Crippen LogP contribution in [0, 0.1) is 28.6 Å². The maximum Gasteiger partial charge on any atom is 0.124 e. The Labute approximate surface area is 236 Å². The third kappa shape index (κ3) is 6.54. The molecule has 5 nitrogen and oxygen atoms in total. The number of benzene rings is 3. The molecule has 0 radical (unpaired) electrons. The zero-order chi connectivity index (χ0) is 27.7. The molecule has 3 aromatic carbocycles. The molecule has 0 saturated carbocycles. The van der Waals surface area contributed by atoms with Gasteiger partial charge in [-0.15, -0.1) is 0 Å². The average molecular weight is 524 g/mol. The first kappa shape index (κ1) is 26.6. The Morgan fingerprint density at radius 2 is 1.73 bits per heavy atom. The standard InChI is InChI=1S/C35H33N5/c1-26-21-29(19-20-33(26)39-34-18-9-8-17-32(34)30-14-6-3-7-15-30)25-40(38-24-27-11-4-2-5-12-27)35(37)31-16-10-13-28(22-31)23-36/h2-15,17-22,24,26,31,33,37,39H,16,25H2,1H3/b37-35?,38-24+. The molecular weight excluding hydrogens is 490 g/mol. The second-order valence-corrected chi connectivity index (χ2v) is 10.1. The van der Waals surface area contributed by atoms with E-state index in [1.165, 1.54) is 11.1 Å². The molecule has 3 atom stereocenters. The van der Waals surface area contributed by atoms with E-state index in [9.17, 15) is 5.26 Å². The monoisotopic (exact) mass is 523 g/mol. The highest BCUT2D eigenvalue weighted by Gasteiger charge is 2.23. The minimum Gasteiger partial charge on any atom is -0.378 e. The number of anilines is 1. The second-order valence-electron chi connectivity index (χ2n) is 10.1. The van der Waals surface area contributed by atoms with Crippen LogP contribution in [0.25, 0.3) is 11.1 Å². The molecule has 0 heterocycles. The summed E-state index contributed by atoms with van der Waals surface area (Å²) in [5.74, 6) is 0.422. The summed E-state index contributed by atoms with van der Waals surface area (Å²) in [6.45, 7) is 2.69. The van der Waals surface area contributed by atoms with E-state index in [0.717, 1.165) is 16.8 Å². The summed E-state index contributed by atoms with van der Waals surface area (Å²) >= 11 is 0. The van der Waals surface area contributed by atoms with Gasteiger partial charge in [-0.3, -0.25) is 5.41 Å². The number of amidine groups is 1. The number of hydrazone groups is 1. The van der Waals surface area contributed by atoms with Crippen LogP contribution in [0.2, 0.25) is 0 Å². The van der Waals surface area contributed by atoms with E-state index < -0.39 is 0 Å². The van der Waals surface area contributed by atoms with Crippen molar-refractivity contribution in [3.8, 4) is 17.2 Å². The van der Waals surface area contributed by atoms with E-state index >= 15 is 0 Å². The smallest absolute Gasteiger partial charge is 0.124 e. The van der Waals surface area contributed by atoms with Gasteiger partial charge in [0.1, 0.15) is 5.84 Å². The lowest BCUT2D eigenvalue weighted by atomic mass is 9.91. The van der Waals surface area contributed by atoms with Gasteiger partial charge < -0.3 is 5.32 Å². The minimum atomic E-state index is -0.193. The van der Waals surface area contributed by atoms with Crippen molar-refractivity contribution in [1.82, 2.24) is 5.01 Å². The Morgan fingerprint density at radius 3 is 2.48 bits per heavy atom. The van der Waals surface area contributed by atoms with Gasteiger partial charge in [0.25, 0.3) is 0 Å². The van der Waals surface area contributed by atoms with Crippen LogP contribution in [-0.2, 0) is 0 Å². The number of nitrogens with one attached hydrogen (secondary N) is 2. The third-order valence-electron chi connectivity index (χ3n) is 7.20. The predicted molar refractivity (Wildman–Crippen MR) is 165 cm³/mol. The SMILES string of the molecule is CC1C=C(CN(/N=C/c2ccccc2)C(=N)C2C=C(C#N)C=CC2)C=CC1Nc1ccccc1-c1ccccc1. The summed E-state index contributed by atoms with van der Waals surface area (Å²) in [5, 5.41) is 28.6. The molecular formula is C35H33N5. The molecule has 2 N–H and O–H groups in total. The molecule has 0 spiro atoms. The van der Waals surface area contributed by atoms with E-state index in [1.54, 1.807) is 11.2 Å². The number of rotatable bonds is 8. The molecule has 3 aromatic rings. The number of nitrogens with zero attached hydrogens (tertiary/aromatic N) is 3. The maximum absolute atomic E-state index is 9.38. The number of allylic oxidation sites excluding steroid dienone is 3. The number of nitriles is 1. The molecule has 198 valence electrons. The molecule has 0 saturated heterocycles. The van der Waals surface area contributed by atoms with Gasteiger partial charge in [-0.2, -0.15) is 10.4 Å². The first-order valence-electron chi connectivity index (χ1n) is 13.6.